The van der Waals surface area contributed by atoms with Crippen LogP contribution in [0.4, 0.5) is 5.69 Å². The maximum atomic E-state index is 11.7. The normalized spacial score (nSPS) is 10.2. The average molecular weight is 348 g/mol. The minimum absolute atomic E-state index is 0.153. The lowest BCUT2D eigenvalue weighted by Gasteiger charge is -2.11. The highest BCUT2D eigenvalue weighted by Gasteiger charge is 2.09. The number of hydrogen-bond acceptors (Lipinski definition) is 6. The van der Waals surface area contributed by atoms with Crippen LogP contribution in [0, 0.1) is 0 Å². The van der Waals surface area contributed by atoms with Gasteiger partial charge in [-0.2, -0.15) is 0 Å². The first kappa shape index (κ1) is 19.9. The topological polar surface area (TPSA) is 102 Å². The van der Waals surface area contributed by atoms with E-state index >= 15 is 0 Å². The number of nitrogens with zero attached hydrogens (tertiary/aromatic N) is 1. The number of esters is 2. The minimum atomic E-state index is -0.838. The quantitative estimate of drug-likeness (QED) is 0.582. The molecule has 0 heterocycles. The van der Waals surface area contributed by atoms with Crippen LogP contribution in [0.15, 0.2) is 36.4 Å². The fourth-order valence-electron chi connectivity index (χ4n) is 1.66. The van der Waals surface area contributed by atoms with Gasteiger partial charge >= 0.3 is 11.9 Å². The molecule has 8 heteroatoms. The van der Waals surface area contributed by atoms with Crippen molar-refractivity contribution < 1.29 is 28.7 Å². The van der Waals surface area contributed by atoms with Gasteiger partial charge < -0.3 is 19.7 Å². The molecule has 1 aromatic rings. The van der Waals surface area contributed by atoms with Crippen molar-refractivity contribution in [1.82, 2.24) is 4.90 Å². The number of nitrogens with one attached hydrogen (secondary N) is 1. The van der Waals surface area contributed by atoms with Gasteiger partial charge in [-0.25, -0.2) is 9.59 Å². The molecule has 0 radical (unpaired) electrons. The Kier molecular flexibility index (Phi) is 7.85. The minimum Gasteiger partial charge on any atom is -0.463 e. The third kappa shape index (κ3) is 7.30. The Bertz CT molecular complexity index is 664. The molecular formula is C17H20N2O6. The number of benzene rings is 1. The Morgan fingerprint density at radius 2 is 1.56 bits per heavy atom. The fraction of sp³-hybridized carbons (Fsp3) is 0.294. The van der Waals surface area contributed by atoms with Crippen molar-refractivity contribution in [2.45, 2.75) is 6.92 Å². The van der Waals surface area contributed by atoms with Gasteiger partial charge in [-0.15, -0.1) is 0 Å². The maximum absolute atomic E-state index is 11.7. The van der Waals surface area contributed by atoms with Gasteiger partial charge in [0.1, 0.15) is 0 Å². The molecule has 0 aliphatic rings. The molecule has 0 aliphatic carbocycles. The average Bonchev–Trinajstić information content (AvgIpc) is 2.58. The standard InChI is InChI=1S/C17H20N2O6/c1-4-24-15(21)9-10-16(22)25-11-14(20)18-13-7-5-12(6-8-13)17(23)19(2)3/h5-10H,4,11H2,1-3H3,(H,18,20)/b10-9+. The van der Waals surface area contributed by atoms with E-state index < -0.39 is 24.5 Å². The van der Waals surface area contributed by atoms with Crippen LogP contribution in [-0.2, 0) is 23.9 Å². The summed E-state index contributed by atoms with van der Waals surface area (Å²) in [5.74, 6) is -2.21. The summed E-state index contributed by atoms with van der Waals surface area (Å²) < 4.78 is 9.29. The molecule has 1 aromatic carbocycles. The molecule has 1 rings (SSSR count). The summed E-state index contributed by atoms with van der Waals surface area (Å²) >= 11 is 0. The summed E-state index contributed by atoms with van der Waals surface area (Å²) in [6.07, 6.45) is 1.80. The Labute approximate surface area is 145 Å². The Morgan fingerprint density at radius 3 is 2.08 bits per heavy atom. The van der Waals surface area contributed by atoms with Crippen molar-refractivity contribution in [3.05, 3.63) is 42.0 Å². The van der Waals surface area contributed by atoms with E-state index in [1.807, 2.05) is 0 Å². The highest BCUT2D eigenvalue weighted by atomic mass is 16.5. The Balaban J connectivity index is 2.45. The molecule has 0 aliphatic heterocycles. The molecule has 1 N–H and O–H groups in total. The second-order valence-corrected chi connectivity index (χ2v) is 5.02. The van der Waals surface area contributed by atoms with Gasteiger partial charge in [0.05, 0.1) is 6.61 Å². The van der Waals surface area contributed by atoms with E-state index in [0.717, 1.165) is 12.2 Å². The van der Waals surface area contributed by atoms with Crippen LogP contribution in [0.5, 0.6) is 0 Å². The van der Waals surface area contributed by atoms with Gasteiger partial charge in [-0.05, 0) is 31.2 Å². The molecule has 0 atom stereocenters. The van der Waals surface area contributed by atoms with Crippen molar-refractivity contribution >= 4 is 29.4 Å². The number of amides is 2. The van der Waals surface area contributed by atoms with Gasteiger partial charge in [-0.3, -0.25) is 9.59 Å². The first-order valence-electron chi connectivity index (χ1n) is 7.46. The molecular weight excluding hydrogens is 328 g/mol. The van der Waals surface area contributed by atoms with Crippen LogP contribution in [-0.4, -0.2) is 56.0 Å². The van der Waals surface area contributed by atoms with Gasteiger partial charge in [0.15, 0.2) is 6.61 Å². The SMILES string of the molecule is CCOC(=O)/C=C/C(=O)OCC(=O)Nc1ccc(C(=O)N(C)C)cc1. The number of carbonyl (C=O) groups is 4. The molecule has 25 heavy (non-hydrogen) atoms. The number of anilines is 1. The molecule has 8 nitrogen and oxygen atoms in total. The van der Waals surface area contributed by atoms with E-state index in [1.54, 1.807) is 45.3 Å². The summed E-state index contributed by atoms with van der Waals surface area (Å²) in [5.41, 5.74) is 0.942. The summed E-state index contributed by atoms with van der Waals surface area (Å²) in [4.78, 5) is 47.3. The molecule has 134 valence electrons. The van der Waals surface area contributed by atoms with Crippen molar-refractivity contribution in [3.63, 3.8) is 0 Å². The molecule has 0 fully saturated rings. The summed E-state index contributed by atoms with van der Waals surface area (Å²) in [7, 11) is 3.28. The van der Waals surface area contributed by atoms with Crippen molar-refractivity contribution in [1.29, 1.82) is 0 Å². The van der Waals surface area contributed by atoms with Gasteiger partial charge in [-0.1, -0.05) is 0 Å². The van der Waals surface area contributed by atoms with E-state index in [2.05, 4.69) is 10.1 Å². The smallest absolute Gasteiger partial charge is 0.331 e. The van der Waals surface area contributed by atoms with Crippen LogP contribution in [0.25, 0.3) is 0 Å². The highest BCUT2D eigenvalue weighted by Crippen LogP contribution is 2.10. The summed E-state index contributed by atoms with van der Waals surface area (Å²) in [6.45, 7) is 1.32. The van der Waals surface area contributed by atoms with Gasteiger partial charge in [0.25, 0.3) is 11.8 Å². The summed E-state index contributed by atoms with van der Waals surface area (Å²) in [6, 6.07) is 6.28. The maximum Gasteiger partial charge on any atom is 0.331 e. The van der Waals surface area contributed by atoms with Crippen LogP contribution >= 0.6 is 0 Å². The highest BCUT2D eigenvalue weighted by molar-refractivity contribution is 5.97. The zero-order valence-electron chi connectivity index (χ0n) is 14.3. The van der Waals surface area contributed by atoms with Crippen LogP contribution in [0.3, 0.4) is 0 Å². The largest absolute Gasteiger partial charge is 0.463 e. The van der Waals surface area contributed by atoms with Crippen molar-refractivity contribution in [3.8, 4) is 0 Å². The fourth-order valence-corrected chi connectivity index (χ4v) is 1.66. The number of hydrogen-bond donors (Lipinski definition) is 1. The molecule has 2 amide bonds. The zero-order chi connectivity index (χ0) is 18.8. The second-order valence-electron chi connectivity index (χ2n) is 5.02. The Hall–Kier alpha value is -3.16. The molecule has 0 saturated heterocycles. The predicted molar refractivity (Wildman–Crippen MR) is 89.8 cm³/mol. The van der Waals surface area contributed by atoms with E-state index in [1.165, 1.54) is 4.90 Å². The third-order valence-corrected chi connectivity index (χ3v) is 2.81. The Morgan fingerprint density at radius 1 is 1.00 bits per heavy atom. The van der Waals surface area contributed by atoms with Crippen LogP contribution in [0.1, 0.15) is 17.3 Å². The lowest BCUT2D eigenvalue weighted by molar-refractivity contribution is -0.143. The monoisotopic (exact) mass is 348 g/mol. The number of ether oxygens (including phenoxy) is 2. The third-order valence-electron chi connectivity index (χ3n) is 2.81. The predicted octanol–water partition coefficient (Wildman–Crippen LogP) is 0.989. The molecule has 0 unspecified atom stereocenters. The first-order chi connectivity index (χ1) is 11.8. The lowest BCUT2D eigenvalue weighted by atomic mass is 10.2. The van der Waals surface area contributed by atoms with E-state index in [9.17, 15) is 19.2 Å². The van der Waals surface area contributed by atoms with Crippen LogP contribution in [0.2, 0.25) is 0 Å². The van der Waals surface area contributed by atoms with E-state index in [4.69, 9.17) is 4.74 Å². The number of carbonyl (C=O) groups excluding carboxylic acids is 4. The zero-order valence-corrected chi connectivity index (χ0v) is 14.3. The van der Waals surface area contributed by atoms with Gasteiger partial charge in [0, 0.05) is 37.5 Å². The number of rotatable bonds is 7. The molecule has 0 spiro atoms. The van der Waals surface area contributed by atoms with E-state index in [0.29, 0.717) is 11.3 Å². The molecule has 0 bridgehead atoms. The van der Waals surface area contributed by atoms with Crippen molar-refractivity contribution in [2.24, 2.45) is 0 Å². The van der Waals surface area contributed by atoms with E-state index in [-0.39, 0.29) is 12.5 Å². The van der Waals surface area contributed by atoms with Gasteiger partial charge in [0.2, 0.25) is 0 Å². The van der Waals surface area contributed by atoms with Crippen LogP contribution < -0.4 is 5.32 Å². The molecule has 0 saturated carbocycles. The molecule has 0 aromatic heterocycles. The van der Waals surface area contributed by atoms with Crippen molar-refractivity contribution in [2.75, 3.05) is 32.6 Å². The lowest BCUT2D eigenvalue weighted by Crippen LogP contribution is -2.22. The summed E-state index contributed by atoms with van der Waals surface area (Å²) in [5, 5.41) is 2.52. The first-order valence-corrected chi connectivity index (χ1v) is 7.46. The second kappa shape index (κ2) is 9.86.